The third kappa shape index (κ3) is 7.52. The standard InChI is InChI=1S/C26H36N4O4S/c1-19-27-21(18-35-19)16-24(31)28(2)15-9-12-22-26(33)29(3)14-8-7-11-20-10-5-6-13-23(20)34-17-25(32)30(22)4/h5-6,10,13,18,22H,7-9,11-12,14-17H2,1-4H3/t22-/m0/s1. The Morgan fingerprint density at radius 1 is 1.23 bits per heavy atom. The average Bonchev–Trinajstić information content (AvgIpc) is 3.26. The molecule has 0 unspecified atom stereocenters. The lowest BCUT2D eigenvalue weighted by atomic mass is 10.1. The quantitative estimate of drug-likeness (QED) is 0.609. The number of carbonyl (C=O) groups is 3. The van der Waals surface area contributed by atoms with Crippen LogP contribution < -0.4 is 4.74 Å². The van der Waals surface area contributed by atoms with Crippen molar-refractivity contribution in [1.82, 2.24) is 19.7 Å². The molecule has 0 saturated carbocycles. The van der Waals surface area contributed by atoms with E-state index in [-0.39, 0.29) is 30.7 Å². The van der Waals surface area contributed by atoms with E-state index < -0.39 is 6.04 Å². The fourth-order valence-corrected chi connectivity index (χ4v) is 4.82. The van der Waals surface area contributed by atoms with Crippen molar-refractivity contribution in [2.45, 2.75) is 51.5 Å². The number of hydrogen-bond donors (Lipinski definition) is 0. The Morgan fingerprint density at radius 2 is 2.00 bits per heavy atom. The van der Waals surface area contributed by atoms with Crippen LogP contribution in [0, 0.1) is 6.92 Å². The van der Waals surface area contributed by atoms with Gasteiger partial charge >= 0.3 is 0 Å². The molecule has 0 saturated heterocycles. The van der Waals surface area contributed by atoms with E-state index in [1.807, 2.05) is 36.6 Å². The molecule has 1 aliphatic rings. The van der Waals surface area contributed by atoms with Crippen molar-refractivity contribution >= 4 is 29.1 Å². The summed E-state index contributed by atoms with van der Waals surface area (Å²) >= 11 is 1.53. The molecular weight excluding hydrogens is 464 g/mol. The summed E-state index contributed by atoms with van der Waals surface area (Å²) in [7, 11) is 5.22. The topological polar surface area (TPSA) is 83.0 Å². The molecule has 35 heavy (non-hydrogen) atoms. The van der Waals surface area contributed by atoms with Crippen LogP contribution in [-0.4, -0.2) is 84.3 Å². The molecule has 0 spiro atoms. The first-order valence-corrected chi connectivity index (χ1v) is 13.0. The average molecular weight is 501 g/mol. The van der Waals surface area contributed by atoms with E-state index in [4.69, 9.17) is 4.74 Å². The van der Waals surface area contributed by atoms with Crippen molar-refractivity contribution in [3.8, 4) is 5.75 Å². The summed E-state index contributed by atoms with van der Waals surface area (Å²) in [5, 5.41) is 2.85. The zero-order chi connectivity index (χ0) is 25.4. The normalized spacial score (nSPS) is 17.7. The second kappa shape index (κ2) is 12.7. The lowest BCUT2D eigenvalue weighted by Gasteiger charge is -2.31. The molecule has 1 aromatic carbocycles. The molecule has 1 aromatic heterocycles. The first kappa shape index (κ1) is 26.7. The number of hydrogen-bond acceptors (Lipinski definition) is 6. The molecule has 2 heterocycles. The zero-order valence-electron chi connectivity index (χ0n) is 21.2. The van der Waals surface area contributed by atoms with Gasteiger partial charge in [-0.2, -0.15) is 0 Å². The second-order valence-corrected chi connectivity index (χ2v) is 10.2. The molecule has 1 atom stereocenters. The van der Waals surface area contributed by atoms with Crippen LogP contribution in [0.4, 0.5) is 0 Å². The fourth-order valence-electron chi connectivity index (χ4n) is 4.20. The highest BCUT2D eigenvalue weighted by Gasteiger charge is 2.29. The van der Waals surface area contributed by atoms with Gasteiger partial charge in [0, 0.05) is 39.6 Å². The largest absolute Gasteiger partial charge is 0.483 e. The van der Waals surface area contributed by atoms with Gasteiger partial charge in [-0.3, -0.25) is 14.4 Å². The van der Waals surface area contributed by atoms with Gasteiger partial charge in [-0.15, -0.1) is 11.3 Å². The summed E-state index contributed by atoms with van der Waals surface area (Å²) in [5.74, 6) is 0.393. The van der Waals surface area contributed by atoms with E-state index in [2.05, 4.69) is 4.98 Å². The minimum Gasteiger partial charge on any atom is -0.483 e. The van der Waals surface area contributed by atoms with E-state index in [0.29, 0.717) is 25.9 Å². The van der Waals surface area contributed by atoms with Crippen LogP contribution in [0.25, 0.3) is 0 Å². The van der Waals surface area contributed by atoms with Gasteiger partial charge in [0.25, 0.3) is 5.91 Å². The first-order chi connectivity index (χ1) is 16.8. The molecule has 0 N–H and O–H groups in total. The minimum atomic E-state index is -0.600. The number of ether oxygens (including phenoxy) is 1. The summed E-state index contributed by atoms with van der Waals surface area (Å²) in [4.78, 5) is 48.0. The van der Waals surface area contributed by atoms with E-state index in [1.165, 1.54) is 16.2 Å². The Bertz CT molecular complexity index is 1020. The maximum atomic E-state index is 13.3. The van der Waals surface area contributed by atoms with Crippen LogP contribution in [-0.2, 0) is 27.2 Å². The molecule has 0 radical (unpaired) electrons. The number of benzene rings is 1. The molecule has 0 aliphatic carbocycles. The van der Waals surface area contributed by atoms with Crippen LogP contribution in [0.2, 0.25) is 0 Å². The van der Waals surface area contributed by atoms with E-state index in [1.54, 1.807) is 30.9 Å². The predicted molar refractivity (Wildman–Crippen MR) is 136 cm³/mol. The van der Waals surface area contributed by atoms with Crippen LogP contribution in [0.1, 0.15) is 41.9 Å². The van der Waals surface area contributed by atoms with Gasteiger partial charge in [-0.25, -0.2) is 4.98 Å². The van der Waals surface area contributed by atoms with Crippen molar-refractivity contribution in [3.63, 3.8) is 0 Å². The van der Waals surface area contributed by atoms with E-state index in [9.17, 15) is 14.4 Å². The number of rotatable bonds is 6. The Labute approximate surface area is 211 Å². The van der Waals surface area contributed by atoms with Crippen molar-refractivity contribution in [2.75, 3.05) is 40.8 Å². The number of aromatic nitrogens is 1. The first-order valence-electron chi connectivity index (χ1n) is 12.1. The molecule has 9 heteroatoms. The van der Waals surface area contributed by atoms with Crippen LogP contribution in [0.3, 0.4) is 0 Å². The molecule has 0 bridgehead atoms. The van der Waals surface area contributed by atoms with Crippen LogP contribution in [0.5, 0.6) is 5.75 Å². The highest BCUT2D eigenvalue weighted by Crippen LogP contribution is 2.21. The molecule has 2 aromatic rings. The maximum absolute atomic E-state index is 13.3. The molecule has 8 nitrogen and oxygen atoms in total. The number of carbonyl (C=O) groups excluding carboxylic acids is 3. The molecule has 1 aliphatic heterocycles. The van der Waals surface area contributed by atoms with Crippen molar-refractivity contribution in [2.24, 2.45) is 0 Å². The summed E-state index contributed by atoms with van der Waals surface area (Å²) in [5.41, 5.74) is 1.86. The van der Waals surface area contributed by atoms with Crippen molar-refractivity contribution in [3.05, 3.63) is 45.9 Å². The SMILES string of the molecule is Cc1nc(CC(=O)N(C)CCC[C@H]2C(=O)N(C)CCCCc3ccccc3OCC(=O)N2C)cs1. The highest BCUT2D eigenvalue weighted by molar-refractivity contribution is 7.09. The third-order valence-electron chi connectivity index (χ3n) is 6.43. The number of para-hydroxylation sites is 1. The van der Waals surface area contributed by atoms with Crippen molar-refractivity contribution in [1.29, 1.82) is 0 Å². The molecule has 3 amide bonds. The van der Waals surface area contributed by atoms with Gasteiger partial charge < -0.3 is 19.4 Å². The minimum absolute atomic E-state index is 0.00909. The van der Waals surface area contributed by atoms with E-state index >= 15 is 0 Å². The lowest BCUT2D eigenvalue weighted by Crippen LogP contribution is -2.50. The fraction of sp³-hybridized carbons (Fsp3) is 0.538. The second-order valence-electron chi connectivity index (χ2n) is 9.13. The van der Waals surface area contributed by atoms with Gasteiger partial charge in [0.2, 0.25) is 11.8 Å². The molecule has 0 fully saturated rings. The monoisotopic (exact) mass is 500 g/mol. The Balaban J connectivity index is 1.63. The van der Waals surface area contributed by atoms with Crippen LogP contribution >= 0.6 is 11.3 Å². The summed E-state index contributed by atoms with van der Waals surface area (Å²) in [6.45, 7) is 2.93. The number of fused-ring (bicyclic) bond motifs is 1. The number of nitrogens with zero attached hydrogens (tertiary/aromatic N) is 4. The Kier molecular flexibility index (Phi) is 9.65. The van der Waals surface area contributed by atoms with Crippen LogP contribution in [0.15, 0.2) is 29.6 Å². The number of likely N-dealkylation sites (N-methyl/N-ethyl adjacent to an activating group) is 3. The molecular formula is C26H36N4O4S. The predicted octanol–water partition coefficient (Wildman–Crippen LogP) is 2.93. The summed E-state index contributed by atoms with van der Waals surface area (Å²) in [6.07, 6.45) is 3.97. The summed E-state index contributed by atoms with van der Waals surface area (Å²) in [6, 6.07) is 7.18. The van der Waals surface area contributed by atoms with Gasteiger partial charge in [-0.1, -0.05) is 18.2 Å². The Morgan fingerprint density at radius 3 is 2.74 bits per heavy atom. The summed E-state index contributed by atoms with van der Waals surface area (Å²) < 4.78 is 5.85. The number of aryl methyl sites for hydroxylation is 2. The van der Waals surface area contributed by atoms with Gasteiger partial charge in [0.05, 0.1) is 17.1 Å². The van der Waals surface area contributed by atoms with E-state index in [0.717, 1.165) is 41.3 Å². The van der Waals surface area contributed by atoms with Gasteiger partial charge in [0.1, 0.15) is 11.8 Å². The molecule has 3 rings (SSSR count). The number of amides is 3. The smallest absolute Gasteiger partial charge is 0.260 e. The van der Waals surface area contributed by atoms with Gasteiger partial charge in [0.15, 0.2) is 6.61 Å². The zero-order valence-corrected chi connectivity index (χ0v) is 22.0. The van der Waals surface area contributed by atoms with Gasteiger partial charge in [-0.05, 0) is 50.7 Å². The number of thiazole rings is 1. The Hall–Kier alpha value is -2.94. The van der Waals surface area contributed by atoms with Crippen molar-refractivity contribution < 1.29 is 19.1 Å². The molecule has 190 valence electrons. The highest BCUT2D eigenvalue weighted by atomic mass is 32.1. The maximum Gasteiger partial charge on any atom is 0.260 e. The lowest BCUT2D eigenvalue weighted by molar-refractivity contribution is -0.145. The third-order valence-corrected chi connectivity index (χ3v) is 7.25.